The Morgan fingerprint density at radius 1 is 0.552 bits per heavy atom. The second kappa shape index (κ2) is 32.3. The van der Waals surface area contributed by atoms with Gasteiger partial charge in [0.25, 0.3) is 0 Å². The highest BCUT2D eigenvalue weighted by molar-refractivity contribution is 6.26. The molecule has 1 aliphatic carbocycles. The number of aliphatic hydroxyl groups is 1. The van der Waals surface area contributed by atoms with Gasteiger partial charge in [-0.05, 0) is 77.8 Å². The number of esters is 6. The Balaban J connectivity index is 1.25. The summed E-state index contributed by atoms with van der Waals surface area (Å²) in [5.74, 6) is -9.09. The monoisotopic (exact) mass is 1260 g/mol. The fourth-order valence-corrected chi connectivity index (χ4v) is 11.1. The Kier molecular flexibility index (Phi) is 25.1. The van der Waals surface area contributed by atoms with Gasteiger partial charge in [0.2, 0.25) is 0 Å². The Morgan fingerprint density at radius 2 is 0.989 bits per heavy atom. The number of methoxy groups -OCH3 is 1. The molecule has 20 atom stereocenters. The number of alkyl halides is 2. The van der Waals surface area contributed by atoms with E-state index in [4.69, 9.17) is 89.5 Å². The van der Waals surface area contributed by atoms with Crippen LogP contribution in [0.25, 0.3) is 20.9 Å². The molecule has 3 aromatic rings. The maximum absolute atomic E-state index is 14.2. The quantitative estimate of drug-likeness (QED) is 0.0219. The van der Waals surface area contributed by atoms with Crippen molar-refractivity contribution >= 4 is 59.0 Å². The van der Waals surface area contributed by atoms with E-state index in [9.17, 15) is 44.9 Å². The standard InChI is InChI=1S/C58H70Cl2N6O21/c1-29-46(63-65-61)56(80-41(48(29)71)26-75-33(5)67)86-52-32(4)53(84-55(73)36-16-12-9-13-17-36)58(82-43(52)28-78-45(70)24-60)87-50-30(2)47(64-66-62)57(81-42(50)27-76-34(6)68)85-49-31(3)51(83-54(72)35-14-10-8-11-15-35)40(22-37(49)25-77-44(69)23-59)79-39-20-18-38(74-7)19-21-39/h8-21,29-32,37,40-43,46-53,56-58,71H,22-28H2,1-7H3/t29-,30-,31+,32+,37?,40-,41?,42?,43?,46?,47?,48+,49+,50+,51?,52+,53?,56+,57+,58+/m1/s1. The number of benzene rings is 3. The fraction of sp³-hybridized carbons (Fsp3) is 0.586. The molecule has 3 aromatic carbocycles. The highest BCUT2D eigenvalue weighted by Gasteiger charge is 2.56. The molecule has 29 heteroatoms. The van der Waals surface area contributed by atoms with Crippen LogP contribution in [0.2, 0.25) is 0 Å². The van der Waals surface area contributed by atoms with E-state index in [2.05, 4.69) is 20.1 Å². The van der Waals surface area contributed by atoms with Crippen LogP contribution in [0.1, 0.15) is 68.7 Å². The smallest absolute Gasteiger partial charge is 0.338 e. The molecule has 87 heavy (non-hydrogen) atoms. The largest absolute Gasteiger partial charge is 0.497 e. The van der Waals surface area contributed by atoms with E-state index in [1.165, 1.54) is 26.2 Å². The van der Waals surface area contributed by atoms with Crippen LogP contribution in [-0.4, -0.2) is 178 Å². The summed E-state index contributed by atoms with van der Waals surface area (Å²) in [4.78, 5) is 84.3. The van der Waals surface area contributed by atoms with Gasteiger partial charge in [-0.3, -0.25) is 19.2 Å². The van der Waals surface area contributed by atoms with Crippen LogP contribution >= 0.6 is 23.2 Å². The molecular weight excluding hydrogens is 1190 g/mol. The van der Waals surface area contributed by atoms with Gasteiger partial charge < -0.3 is 71.4 Å². The molecule has 0 bridgehead atoms. The predicted molar refractivity (Wildman–Crippen MR) is 303 cm³/mol. The third kappa shape index (κ3) is 17.6. The minimum atomic E-state index is -1.66. The average Bonchev–Trinajstić information content (AvgIpc) is 3.08. The highest BCUT2D eigenvalue weighted by atomic mass is 35.5. The molecule has 8 unspecified atom stereocenters. The molecule has 1 saturated carbocycles. The summed E-state index contributed by atoms with van der Waals surface area (Å²) in [6.07, 6.45) is -16.9. The van der Waals surface area contributed by atoms with E-state index in [1.807, 2.05) is 0 Å². The zero-order valence-electron chi connectivity index (χ0n) is 48.6. The summed E-state index contributed by atoms with van der Waals surface area (Å²) >= 11 is 11.8. The van der Waals surface area contributed by atoms with Gasteiger partial charge in [-0.2, -0.15) is 0 Å². The lowest BCUT2D eigenvalue weighted by molar-refractivity contribution is -0.357. The normalized spacial score (nSPS) is 32.1. The van der Waals surface area contributed by atoms with Crippen LogP contribution in [0, 0.1) is 29.6 Å². The average molecular weight is 1260 g/mol. The van der Waals surface area contributed by atoms with Crippen molar-refractivity contribution < 1.29 is 100 Å². The van der Waals surface area contributed by atoms with Crippen molar-refractivity contribution in [2.45, 2.75) is 140 Å². The molecule has 1 N–H and O–H groups in total. The molecular formula is C58H70Cl2N6O21. The molecule has 7 rings (SSSR count). The Labute approximate surface area is 510 Å². The second-order valence-electron chi connectivity index (χ2n) is 21.3. The molecule has 4 aliphatic rings. The summed E-state index contributed by atoms with van der Waals surface area (Å²) in [5, 5.41) is 19.3. The number of halogens is 2. The van der Waals surface area contributed by atoms with E-state index in [0.29, 0.717) is 11.5 Å². The lowest BCUT2D eigenvalue weighted by atomic mass is 9.75. The lowest BCUT2D eigenvalue weighted by Gasteiger charge is -2.51. The van der Waals surface area contributed by atoms with Crippen molar-refractivity contribution in [3.8, 4) is 11.5 Å². The van der Waals surface area contributed by atoms with Crippen LogP contribution in [0.5, 0.6) is 11.5 Å². The zero-order chi connectivity index (χ0) is 62.9. The maximum Gasteiger partial charge on any atom is 0.338 e. The summed E-state index contributed by atoms with van der Waals surface area (Å²) in [7, 11) is 1.52. The van der Waals surface area contributed by atoms with Crippen molar-refractivity contribution in [1.29, 1.82) is 0 Å². The van der Waals surface area contributed by atoms with E-state index >= 15 is 0 Å². The van der Waals surface area contributed by atoms with E-state index in [0.717, 1.165) is 6.92 Å². The Hall–Kier alpha value is -7.00. The first-order valence-electron chi connectivity index (χ1n) is 28.0. The third-order valence-electron chi connectivity index (χ3n) is 15.5. The van der Waals surface area contributed by atoms with Crippen molar-refractivity contribution in [3.63, 3.8) is 0 Å². The van der Waals surface area contributed by atoms with Crippen LogP contribution in [0.4, 0.5) is 0 Å². The van der Waals surface area contributed by atoms with Crippen LogP contribution in [0.3, 0.4) is 0 Å². The first-order chi connectivity index (χ1) is 41.8. The first-order valence-corrected chi connectivity index (χ1v) is 29.1. The summed E-state index contributed by atoms with van der Waals surface area (Å²) in [5.41, 5.74) is 20.3. The fourth-order valence-electron chi connectivity index (χ4n) is 11.0. The molecule has 0 spiro atoms. The highest BCUT2D eigenvalue weighted by Crippen LogP contribution is 2.43. The maximum atomic E-state index is 14.2. The minimum absolute atomic E-state index is 0.0433. The van der Waals surface area contributed by atoms with E-state index < -0.39 is 189 Å². The summed E-state index contributed by atoms with van der Waals surface area (Å²) in [6.45, 7) is 7.10. The molecule has 0 amide bonds. The number of azide groups is 2. The number of aliphatic hydroxyl groups excluding tert-OH is 1. The summed E-state index contributed by atoms with van der Waals surface area (Å²) < 4.78 is 86.4. The van der Waals surface area contributed by atoms with Gasteiger partial charge in [0.1, 0.15) is 73.6 Å². The minimum Gasteiger partial charge on any atom is -0.497 e. The SMILES string of the molecule is COc1ccc(O[C@@H]2CC(COC(=O)CCl)[C@@H](O[C@@H]3OC(COC(C)=O)[C@@H](O[C@@H]4OC(COC(=O)CCl)[C@@H](O[C@@H]5OC(COC(C)=O)[C@@H](O)[C@H](C)C5N=[N+]=[N-])[C@H](C)C4OC(=O)c4ccccc4)[C@H](C)C3N=[N+]=[N-])[C@H](C)C2OC(=O)c2ccccc2)cc1. The number of carbonyl (C=O) groups excluding carboxylic acids is 6. The molecule has 3 saturated heterocycles. The number of nitrogens with zero attached hydrogens (tertiary/aromatic N) is 6. The number of ether oxygens (including phenoxy) is 14. The van der Waals surface area contributed by atoms with Gasteiger partial charge in [0.15, 0.2) is 25.0 Å². The van der Waals surface area contributed by atoms with Crippen molar-refractivity contribution in [3.05, 3.63) is 117 Å². The van der Waals surface area contributed by atoms with Gasteiger partial charge in [0.05, 0.1) is 61.3 Å². The molecule has 3 heterocycles. The van der Waals surface area contributed by atoms with Gasteiger partial charge >= 0.3 is 35.8 Å². The van der Waals surface area contributed by atoms with E-state index in [-0.39, 0.29) is 24.2 Å². The lowest BCUT2D eigenvalue weighted by Crippen LogP contribution is -2.64. The molecule has 0 aromatic heterocycles. The second-order valence-corrected chi connectivity index (χ2v) is 21.8. The molecule has 3 aliphatic heterocycles. The Morgan fingerprint density at radius 3 is 1.52 bits per heavy atom. The zero-order valence-corrected chi connectivity index (χ0v) is 50.1. The van der Waals surface area contributed by atoms with Crippen LogP contribution in [0.15, 0.2) is 95.2 Å². The molecule has 0 radical (unpaired) electrons. The topological polar surface area (TPSA) is 349 Å². The number of rotatable bonds is 25. The molecule has 472 valence electrons. The van der Waals surface area contributed by atoms with E-state index in [1.54, 1.807) is 100 Å². The molecule has 27 nitrogen and oxygen atoms in total. The predicted octanol–water partition coefficient (Wildman–Crippen LogP) is 7.20. The number of hydrogen-bond acceptors (Lipinski definition) is 23. The van der Waals surface area contributed by atoms with Crippen molar-refractivity contribution in [2.75, 3.05) is 45.3 Å². The summed E-state index contributed by atoms with van der Waals surface area (Å²) in [6, 6.07) is 20.4. The van der Waals surface area contributed by atoms with Crippen molar-refractivity contribution in [1.82, 2.24) is 0 Å². The number of hydrogen-bond donors (Lipinski definition) is 1. The van der Waals surface area contributed by atoms with Gasteiger partial charge in [-0.25, -0.2) is 9.59 Å². The number of carbonyl (C=O) groups is 6. The third-order valence-corrected chi connectivity index (χ3v) is 16.0. The van der Waals surface area contributed by atoms with Gasteiger partial charge in [0, 0.05) is 41.4 Å². The van der Waals surface area contributed by atoms with Gasteiger partial charge in [-0.1, -0.05) is 74.3 Å². The Bertz CT molecular complexity index is 2890. The molecule has 4 fully saturated rings. The van der Waals surface area contributed by atoms with Crippen molar-refractivity contribution in [2.24, 2.45) is 39.8 Å². The van der Waals surface area contributed by atoms with Crippen LogP contribution < -0.4 is 9.47 Å². The van der Waals surface area contributed by atoms with Gasteiger partial charge in [-0.15, -0.1) is 23.2 Å². The first kappa shape index (κ1) is 67.5. The van der Waals surface area contributed by atoms with Crippen LogP contribution in [-0.2, 0) is 76.0 Å².